The van der Waals surface area contributed by atoms with Crippen LogP contribution in [0.3, 0.4) is 0 Å². The molecule has 1 saturated heterocycles. The van der Waals surface area contributed by atoms with Gasteiger partial charge in [0.2, 0.25) is 0 Å². The van der Waals surface area contributed by atoms with Crippen LogP contribution in [-0.2, 0) is 0 Å². The van der Waals surface area contributed by atoms with E-state index in [4.69, 9.17) is 18.0 Å². The Morgan fingerprint density at radius 2 is 2.20 bits per heavy atom. The molecule has 1 atom stereocenters. The molecule has 1 aromatic rings. The minimum absolute atomic E-state index is 0.497. The molecule has 1 unspecified atom stereocenters. The molecule has 0 aliphatic carbocycles. The van der Waals surface area contributed by atoms with E-state index in [9.17, 15) is 0 Å². The molecule has 1 fully saturated rings. The zero-order valence-electron chi connectivity index (χ0n) is 12.4. The number of nitrogens with zero attached hydrogens (tertiary/aromatic N) is 2. The molecule has 0 amide bonds. The lowest BCUT2D eigenvalue weighted by molar-refractivity contribution is 0.213. The zero-order chi connectivity index (χ0) is 14.7. The van der Waals surface area contributed by atoms with Gasteiger partial charge in [0.1, 0.15) is 4.99 Å². The van der Waals surface area contributed by atoms with Gasteiger partial charge < -0.3 is 10.6 Å². The van der Waals surface area contributed by atoms with Crippen LogP contribution in [0.1, 0.15) is 18.9 Å². The van der Waals surface area contributed by atoms with Gasteiger partial charge in [0.25, 0.3) is 0 Å². The first-order chi connectivity index (χ1) is 9.58. The van der Waals surface area contributed by atoms with Crippen molar-refractivity contribution in [2.75, 3.05) is 37.8 Å². The fourth-order valence-electron chi connectivity index (χ4n) is 2.81. The lowest BCUT2D eigenvalue weighted by Gasteiger charge is -2.41. The molecule has 0 bridgehead atoms. The first-order valence-electron chi connectivity index (χ1n) is 7.00. The summed E-state index contributed by atoms with van der Waals surface area (Å²) < 4.78 is 0. The van der Waals surface area contributed by atoms with Crippen LogP contribution >= 0.6 is 24.0 Å². The predicted molar refractivity (Wildman–Crippen MR) is 93.0 cm³/mol. The Hall–Kier alpha value is -0.780. The van der Waals surface area contributed by atoms with Gasteiger partial charge >= 0.3 is 0 Å². The highest BCUT2D eigenvalue weighted by molar-refractivity contribution is 7.98. The Labute approximate surface area is 131 Å². The van der Waals surface area contributed by atoms with E-state index in [0.717, 1.165) is 31.6 Å². The van der Waals surface area contributed by atoms with Gasteiger partial charge in [-0.05, 0) is 31.9 Å². The third kappa shape index (κ3) is 3.10. The molecule has 110 valence electrons. The number of benzene rings is 1. The SMILES string of the molecule is CCC1CN(c2cccc(SC)c2C(N)=S)CCN1C. The van der Waals surface area contributed by atoms with Gasteiger partial charge in [0.15, 0.2) is 0 Å². The highest BCUT2D eigenvalue weighted by atomic mass is 32.2. The van der Waals surface area contributed by atoms with Gasteiger partial charge in [-0.1, -0.05) is 25.2 Å². The molecule has 1 heterocycles. The van der Waals surface area contributed by atoms with E-state index < -0.39 is 0 Å². The van der Waals surface area contributed by atoms with Crippen LogP contribution in [0.4, 0.5) is 5.69 Å². The lowest BCUT2D eigenvalue weighted by atomic mass is 10.1. The van der Waals surface area contributed by atoms with Crippen LogP contribution in [0.15, 0.2) is 23.1 Å². The molecular formula is C15H23N3S2. The minimum Gasteiger partial charge on any atom is -0.389 e. The molecule has 1 aromatic carbocycles. The maximum absolute atomic E-state index is 5.97. The summed E-state index contributed by atoms with van der Waals surface area (Å²) in [5.74, 6) is 0. The summed E-state index contributed by atoms with van der Waals surface area (Å²) in [6, 6.07) is 6.94. The van der Waals surface area contributed by atoms with Crippen molar-refractivity contribution in [2.45, 2.75) is 24.3 Å². The molecule has 1 aliphatic heterocycles. The molecule has 0 aromatic heterocycles. The van der Waals surface area contributed by atoms with Gasteiger partial charge in [0, 0.05) is 41.8 Å². The monoisotopic (exact) mass is 309 g/mol. The number of piperazine rings is 1. The zero-order valence-corrected chi connectivity index (χ0v) is 14.1. The number of rotatable bonds is 4. The van der Waals surface area contributed by atoms with Gasteiger partial charge in [0.05, 0.1) is 0 Å². The van der Waals surface area contributed by atoms with Crippen LogP contribution in [0, 0.1) is 0 Å². The third-order valence-electron chi connectivity index (χ3n) is 4.06. The Morgan fingerprint density at radius 1 is 1.45 bits per heavy atom. The van der Waals surface area contributed by atoms with E-state index >= 15 is 0 Å². The van der Waals surface area contributed by atoms with Crippen LogP contribution in [-0.4, -0.2) is 48.9 Å². The molecule has 2 rings (SSSR count). The standard InChI is InChI=1S/C15H23N3S2/c1-4-11-10-18(9-8-17(11)2)12-6-5-7-13(20-3)14(12)15(16)19/h5-7,11H,4,8-10H2,1-3H3,(H2,16,19). The van der Waals surface area contributed by atoms with E-state index in [2.05, 4.69) is 48.2 Å². The molecule has 0 radical (unpaired) electrons. The smallest absolute Gasteiger partial charge is 0.107 e. The average molecular weight is 310 g/mol. The highest BCUT2D eigenvalue weighted by Crippen LogP contribution is 2.31. The number of hydrogen-bond donors (Lipinski definition) is 1. The van der Waals surface area contributed by atoms with E-state index in [1.807, 2.05) is 0 Å². The summed E-state index contributed by atoms with van der Waals surface area (Å²) in [7, 11) is 2.21. The van der Waals surface area contributed by atoms with Crippen molar-refractivity contribution in [2.24, 2.45) is 5.73 Å². The van der Waals surface area contributed by atoms with Gasteiger partial charge in [-0.2, -0.15) is 0 Å². The van der Waals surface area contributed by atoms with E-state index in [0.29, 0.717) is 11.0 Å². The number of hydrogen-bond acceptors (Lipinski definition) is 4. The largest absolute Gasteiger partial charge is 0.389 e. The lowest BCUT2D eigenvalue weighted by Crippen LogP contribution is -2.51. The normalized spacial score (nSPS) is 20.1. The number of thiocarbonyl (C=S) groups is 1. The number of nitrogens with two attached hydrogens (primary N) is 1. The summed E-state index contributed by atoms with van der Waals surface area (Å²) in [4.78, 5) is 6.54. The second-order valence-electron chi connectivity index (χ2n) is 5.21. The number of anilines is 1. The van der Waals surface area contributed by atoms with Crippen molar-refractivity contribution in [1.82, 2.24) is 4.90 Å². The molecular weight excluding hydrogens is 286 g/mol. The van der Waals surface area contributed by atoms with E-state index in [1.165, 1.54) is 10.6 Å². The maximum atomic E-state index is 5.97. The fourth-order valence-corrected chi connectivity index (χ4v) is 3.72. The second kappa shape index (κ2) is 6.78. The number of likely N-dealkylation sites (N-methyl/N-ethyl adjacent to an activating group) is 1. The first kappa shape index (κ1) is 15.6. The van der Waals surface area contributed by atoms with Crippen molar-refractivity contribution in [3.63, 3.8) is 0 Å². The molecule has 20 heavy (non-hydrogen) atoms. The number of thioether (sulfide) groups is 1. The van der Waals surface area contributed by atoms with Crippen LogP contribution < -0.4 is 10.6 Å². The Kier molecular flexibility index (Phi) is 5.29. The summed E-state index contributed by atoms with van der Waals surface area (Å²) in [5, 5.41) is 0. The Bertz CT molecular complexity index is 490. The average Bonchev–Trinajstić information content (AvgIpc) is 2.46. The van der Waals surface area contributed by atoms with Crippen molar-refractivity contribution in [3.8, 4) is 0 Å². The molecule has 1 aliphatic rings. The predicted octanol–water partition coefficient (Wildman–Crippen LogP) is 2.57. The highest BCUT2D eigenvalue weighted by Gasteiger charge is 2.25. The molecule has 2 N–H and O–H groups in total. The third-order valence-corrected chi connectivity index (χ3v) is 5.04. The molecule has 0 spiro atoms. The maximum Gasteiger partial charge on any atom is 0.107 e. The summed E-state index contributed by atoms with van der Waals surface area (Å²) in [6.45, 7) is 5.40. The summed E-state index contributed by atoms with van der Waals surface area (Å²) >= 11 is 6.99. The van der Waals surface area contributed by atoms with Crippen molar-refractivity contribution >= 4 is 34.7 Å². The van der Waals surface area contributed by atoms with Crippen LogP contribution in [0.2, 0.25) is 0 Å². The Morgan fingerprint density at radius 3 is 2.80 bits per heavy atom. The minimum atomic E-state index is 0.497. The Balaban J connectivity index is 2.35. The first-order valence-corrected chi connectivity index (χ1v) is 8.63. The quantitative estimate of drug-likeness (QED) is 0.683. The van der Waals surface area contributed by atoms with E-state index in [-0.39, 0.29) is 0 Å². The fraction of sp³-hybridized carbons (Fsp3) is 0.533. The molecule has 0 saturated carbocycles. The van der Waals surface area contributed by atoms with Gasteiger partial charge in [-0.25, -0.2) is 0 Å². The van der Waals surface area contributed by atoms with Crippen molar-refractivity contribution in [1.29, 1.82) is 0 Å². The second-order valence-corrected chi connectivity index (χ2v) is 6.50. The molecule has 5 heteroatoms. The van der Waals surface area contributed by atoms with Gasteiger partial charge in [-0.3, -0.25) is 4.90 Å². The van der Waals surface area contributed by atoms with Crippen LogP contribution in [0.25, 0.3) is 0 Å². The summed E-state index contributed by atoms with van der Waals surface area (Å²) in [6.07, 6.45) is 3.23. The molecule has 3 nitrogen and oxygen atoms in total. The van der Waals surface area contributed by atoms with Gasteiger partial charge in [-0.15, -0.1) is 11.8 Å². The van der Waals surface area contributed by atoms with E-state index in [1.54, 1.807) is 11.8 Å². The van der Waals surface area contributed by atoms with Crippen molar-refractivity contribution in [3.05, 3.63) is 23.8 Å². The topological polar surface area (TPSA) is 32.5 Å². The van der Waals surface area contributed by atoms with Crippen LogP contribution in [0.5, 0.6) is 0 Å². The van der Waals surface area contributed by atoms with Crippen molar-refractivity contribution < 1.29 is 0 Å². The summed E-state index contributed by atoms with van der Waals surface area (Å²) in [5.41, 5.74) is 8.20.